The molecule has 2 unspecified atom stereocenters. The van der Waals surface area contributed by atoms with E-state index in [1.54, 1.807) is 4.90 Å². The largest absolute Gasteiger partial charge is 0.446 e. The van der Waals surface area contributed by atoms with E-state index < -0.39 is 6.09 Å². The monoisotopic (exact) mass is 515 g/mol. The number of amides is 2. The van der Waals surface area contributed by atoms with Crippen LogP contribution in [0.3, 0.4) is 0 Å². The molecule has 2 saturated heterocycles. The van der Waals surface area contributed by atoms with Crippen LogP contribution in [-0.4, -0.2) is 78.2 Å². The van der Waals surface area contributed by atoms with Gasteiger partial charge >= 0.3 is 6.09 Å². The van der Waals surface area contributed by atoms with Crippen LogP contribution in [0, 0.1) is 17.8 Å². The number of allylic oxidation sites excluding steroid dienone is 2. The molecule has 0 radical (unpaired) electrons. The van der Waals surface area contributed by atoms with Crippen molar-refractivity contribution in [2.45, 2.75) is 91.3 Å². The quantitative estimate of drug-likeness (QED) is 0.379. The smallest absolute Gasteiger partial charge is 0.414 e. The van der Waals surface area contributed by atoms with Crippen molar-refractivity contribution in [3.63, 3.8) is 0 Å². The summed E-state index contributed by atoms with van der Waals surface area (Å²) in [6.45, 7) is 17.5. The zero-order valence-electron chi connectivity index (χ0n) is 23.9. The lowest BCUT2D eigenvalue weighted by molar-refractivity contribution is -0.133. The Balaban J connectivity index is 1.82. The third kappa shape index (κ3) is 8.18. The van der Waals surface area contributed by atoms with E-state index in [9.17, 15) is 9.59 Å². The van der Waals surface area contributed by atoms with Gasteiger partial charge in [-0.1, -0.05) is 39.0 Å². The summed E-state index contributed by atoms with van der Waals surface area (Å²) in [7, 11) is 2.23. The summed E-state index contributed by atoms with van der Waals surface area (Å²) in [5.41, 5.74) is 1.23. The Kier molecular flexibility index (Phi) is 10.8. The molecule has 0 aromatic rings. The third-order valence-corrected chi connectivity index (χ3v) is 7.87. The van der Waals surface area contributed by atoms with Gasteiger partial charge in [0.05, 0.1) is 23.5 Å². The maximum Gasteiger partial charge on any atom is 0.414 e. The second-order valence-corrected chi connectivity index (χ2v) is 11.6. The second kappa shape index (κ2) is 13.6. The SMILES string of the molecule is C=C1/C(=C\C=C\C(CC(C)CC)CN(C)C2CCOCC2)N(C(=O)C2CC2)[C@@H](C)CN1C(=O)OC(C)C. The molecule has 0 N–H and O–H groups in total. The number of carbonyl (C=O) groups excluding carboxylic acids is 2. The molecule has 7 heteroatoms. The first kappa shape index (κ1) is 29.4. The van der Waals surface area contributed by atoms with Crippen LogP contribution in [0.1, 0.15) is 73.1 Å². The fourth-order valence-electron chi connectivity index (χ4n) is 5.31. The van der Waals surface area contributed by atoms with E-state index in [-0.39, 0.29) is 24.0 Å². The fourth-order valence-corrected chi connectivity index (χ4v) is 5.31. The molecule has 3 rings (SSSR count). The van der Waals surface area contributed by atoms with Crippen LogP contribution in [0.2, 0.25) is 0 Å². The van der Waals surface area contributed by atoms with Gasteiger partial charge in [-0.05, 0) is 77.8 Å². The molecule has 7 nitrogen and oxygen atoms in total. The van der Waals surface area contributed by atoms with Crippen molar-refractivity contribution in [2.24, 2.45) is 17.8 Å². The lowest BCUT2D eigenvalue weighted by Gasteiger charge is -2.42. The Bertz CT molecular complexity index is 857. The number of hydrogen-bond acceptors (Lipinski definition) is 5. The molecule has 0 bridgehead atoms. The van der Waals surface area contributed by atoms with E-state index in [2.05, 4.69) is 44.5 Å². The molecular weight excluding hydrogens is 466 g/mol. The minimum atomic E-state index is -0.409. The Morgan fingerprint density at radius 2 is 1.86 bits per heavy atom. The first-order valence-electron chi connectivity index (χ1n) is 14.3. The van der Waals surface area contributed by atoms with Gasteiger partial charge in [0.25, 0.3) is 0 Å². The average Bonchev–Trinajstić information content (AvgIpc) is 3.71. The van der Waals surface area contributed by atoms with Crippen molar-refractivity contribution in [3.05, 3.63) is 36.2 Å². The van der Waals surface area contributed by atoms with Gasteiger partial charge in [0, 0.05) is 38.3 Å². The number of nitrogens with zero attached hydrogens (tertiary/aromatic N) is 3. The van der Waals surface area contributed by atoms with E-state index in [0.717, 1.165) is 58.3 Å². The Morgan fingerprint density at radius 3 is 2.46 bits per heavy atom. The first-order valence-corrected chi connectivity index (χ1v) is 14.3. The summed E-state index contributed by atoms with van der Waals surface area (Å²) in [5, 5.41) is 0. The van der Waals surface area contributed by atoms with Crippen LogP contribution < -0.4 is 0 Å². The normalized spacial score (nSPS) is 24.4. The Morgan fingerprint density at radius 1 is 1.19 bits per heavy atom. The molecule has 208 valence electrons. The molecule has 2 aliphatic heterocycles. The van der Waals surface area contributed by atoms with Crippen molar-refractivity contribution in [2.75, 3.05) is 33.4 Å². The van der Waals surface area contributed by atoms with E-state index in [0.29, 0.717) is 35.8 Å². The van der Waals surface area contributed by atoms with Gasteiger partial charge in [-0.3, -0.25) is 9.69 Å². The van der Waals surface area contributed by atoms with Crippen LogP contribution in [-0.2, 0) is 14.3 Å². The van der Waals surface area contributed by atoms with Gasteiger partial charge in [0.1, 0.15) is 0 Å². The van der Waals surface area contributed by atoms with Gasteiger partial charge in [-0.2, -0.15) is 0 Å². The van der Waals surface area contributed by atoms with Crippen LogP contribution in [0.15, 0.2) is 36.2 Å². The predicted octanol–water partition coefficient (Wildman–Crippen LogP) is 5.59. The number of ether oxygens (including phenoxy) is 2. The number of rotatable bonds is 10. The fraction of sp³-hybridized carbons (Fsp3) is 0.733. The highest BCUT2D eigenvalue weighted by atomic mass is 16.6. The summed E-state index contributed by atoms with van der Waals surface area (Å²) in [5.74, 6) is 1.25. The Labute approximate surface area is 224 Å². The van der Waals surface area contributed by atoms with E-state index >= 15 is 0 Å². The third-order valence-electron chi connectivity index (χ3n) is 7.87. The van der Waals surface area contributed by atoms with Crippen LogP contribution >= 0.6 is 0 Å². The van der Waals surface area contributed by atoms with Crippen molar-refractivity contribution in [1.82, 2.24) is 14.7 Å². The highest BCUT2D eigenvalue weighted by molar-refractivity contribution is 5.85. The van der Waals surface area contributed by atoms with Crippen molar-refractivity contribution < 1.29 is 19.1 Å². The standard InChI is InChI=1S/C30H49N3O4/c1-8-22(4)18-25(20-31(7)27-14-16-36-17-15-27)10-9-11-28-24(6)32(30(35)37-21(2)3)19-23(5)33(28)29(34)26-12-13-26/h9-11,21-23,25-27H,6,8,12-20H2,1-5,7H3/b10-9+,28-11+/t22?,23-,25?/m0/s1. The maximum atomic E-state index is 13.3. The molecule has 0 aromatic heterocycles. The summed E-state index contributed by atoms with van der Waals surface area (Å²) in [6.07, 6.45) is 12.0. The van der Waals surface area contributed by atoms with E-state index in [1.165, 1.54) is 0 Å². The molecular formula is C30H49N3O4. The zero-order chi connectivity index (χ0) is 27.1. The molecule has 3 aliphatic rings. The second-order valence-electron chi connectivity index (χ2n) is 11.6. The lowest BCUT2D eigenvalue weighted by atomic mass is 9.92. The number of carbonyl (C=O) groups is 2. The van der Waals surface area contributed by atoms with Gasteiger partial charge in [-0.15, -0.1) is 0 Å². The summed E-state index contributed by atoms with van der Waals surface area (Å²) in [6, 6.07) is 0.416. The summed E-state index contributed by atoms with van der Waals surface area (Å²) >= 11 is 0. The molecule has 37 heavy (non-hydrogen) atoms. The highest BCUT2D eigenvalue weighted by Gasteiger charge is 2.42. The molecule has 2 amide bonds. The van der Waals surface area contributed by atoms with Gasteiger partial charge in [0.2, 0.25) is 5.91 Å². The van der Waals surface area contributed by atoms with Gasteiger partial charge in [0.15, 0.2) is 0 Å². The van der Waals surface area contributed by atoms with Gasteiger partial charge in [-0.25, -0.2) is 4.79 Å². The van der Waals surface area contributed by atoms with Crippen LogP contribution in [0.4, 0.5) is 4.79 Å². The molecule has 1 aliphatic carbocycles. The molecule has 0 spiro atoms. The van der Waals surface area contributed by atoms with E-state index in [4.69, 9.17) is 9.47 Å². The number of piperazine rings is 1. The molecule has 2 heterocycles. The summed E-state index contributed by atoms with van der Waals surface area (Å²) < 4.78 is 11.0. The minimum absolute atomic E-state index is 0.0862. The lowest BCUT2D eigenvalue weighted by Crippen LogP contribution is -2.53. The topological polar surface area (TPSA) is 62.3 Å². The van der Waals surface area contributed by atoms with Crippen LogP contribution in [0.25, 0.3) is 0 Å². The minimum Gasteiger partial charge on any atom is -0.446 e. The van der Waals surface area contributed by atoms with Crippen molar-refractivity contribution in [3.8, 4) is 0 Å². The molecule has 1 saturated carbocycles. The van der Waals surface area contributed by atoms with E-state index in [1.807, 2.05) is 31.7 Å². The first-order chi connectivity index (χ1) is 17.6. The molecule has 3 fully saturated rings. The average molecular weight is 516 g/mol. The number of hydrogen-bond donors (Lipinski definition) is 0. The van der Waals surface area contributed by atoms with Crippen molar-refractivity contribution in [1.29, 1.82) is 0 Å². The maximum absolute atomic E-state index is 13.3. The Hall–Kier alpha value is -2.12. The highest BCUT2D eigenvalue weighted by Crippen LogP contribution is 2.37. The van der Waals surface area contributed by atoms with Crippen molar-refractivity contribution >= 4 is 12.0 Å². The molecule has 0 aromatic carbocycles. The van der Waals surface area contributed by atoms with Gasteiger partial charge < -0.3 is 19.3 Å². The zero-order valence-corrected chi connectivity index (χ0v) is 23.9. The summed E-state index contributed by atoms with van der Waals surface area (Å²) in [4.78, 5) is 32.0. The molecule has 3 atom stereocenters. The van der Waals surface area contributed by atoms with Crippen LogP contribution in [0.5, 0.6) is 0 Å². The predicted molar refractivity (Wildman–Crippen MR) is 148 cm³/mol.